The van der Waals surface area contributed by atoms with Gasteiger partial charge in [0.25, 0.3) is 0 Å². The Kier molecular flexibility index (Phi) is 7.83. The third-order valence-corrected chi connectivity index (χ3v) is 5.09. The number of anilines is 2. The van der Waals surface area contributed by atoms with Crippen LogP contribution in [0, 0.1) is 5.92 Å². The lowest BCUT2D eigenvalue weighted by Crippen LogP contribution is -2.49. The Bertz CT molecular complexity index is 915. The van der Waals surface area contributed by atoms with Gasteiger partial charge < -0.3 is 19.5 Å². The molecule has 1 saturated heterocycles. The quantitative estimate of drug-likeness (QED) is 0.529. The predicted octanol–water partition coefficient (Wildman–Crippen LogP) is 3.50. The molecule has 0 unspecified atom stereocenters. The van der Waals surface area contributed by atoms with E-state index in [1.54, 1.807) is 24.5 Å². The SMILES string of the molecule is CC(C)CC(=O)N1CCN(c2ccc(NC(=S)NC(=O)/C=C/c3ccco3)cc2)CC1. The van der Waals surface area contributed by atoms with E-state index in [-0.39, 0.29) is 16.9 Å². The smallest absolute Gasteiger partial charge is 0.250 e. The second kappa shape index (κ2) is 10.8. The first-order valence-corrected chi connectivity index (χ1v) is 10.8. The first-order valence-electron chi connectivity index (χ1n) is 10.4. The first kappa shape index (κ1) is 22.6. The molecule has 31 heavy (non-hydrogen) atoms. The molecule has 2 heterocycles. The fourth-order valence-corrected chi connectivity index (χ4v) is 3.53. The number of hydrogen-bond donors (Lipinski definition) is 2. The van der Waals surface area contributed by atoms with E-state index >= 15 is 0 Å². The minimum absolute atomic E-state index is 0.221. The standard InChI is InChI=1S/C23H28N4O3S/c1-17(2)16-22(29)27-13-11-26(12-14-27)19-7-5-18(6-8-19)24-23(31)25-21(28)10-9-20-4-3-15-30-20/h3-10,15,17H,11-14,16H2,1-2H3,(H2,24,25,28,31)/b10-9+. The molecule has 0 spiro atoms. The van der Waals surface area contributed by atoms with Crippen LogP contribution in [-0.2, 0) is 9.59 Å². The second-order valence-corrected chi connectivity index (χ2v) is 8.21. The number of furan rings is 1. The summed E-state index contributed by atoms with van der Waals surface area (Å²) in [5.41, 5.74) is 1.88. The number of nitrogens with one attached hydrogen (secondary N) is 2. The Balaban J connectivity index is 1.45. The molecule has 1 aromatic carbocycles. The van der Waals surface area contributed by atoms with Crippen molar-refractivity contribution in [2.24, 2.45) is 5.92 Å². The van der Waals surface area contributed by atoms with E-state index in [0.29, 0.717) is 18.1 Å². The monoisotopic (exact) mass is 440 g/mol. The molecule has 0 saturated carbocycles. The highest BCUT2D eigenvalue weighted by molar-refractivity contribution is 7.80. The van der Waals surface area contributed by atoms with Gasteiger partial charge in [-0.25, -0.2) is 0 Å². The Morgan fingerprint density at radius 1 is 1.13 bits per heavy atom. The van der Waals surface area contributed by atoms with E-state index in [1.807, 2.05) is 29.2 Å². The molecule has 0 radical (unpaired) electrons. The summed E-state index contributed by atoms with van der Waals surface area (Å²) in [5, 5.41) is 5.83. The number of rotatable bonds is 6. The number of nitrogens with zero attached hydrogens (tertiary/aromatic N) is 2. The molecule has 1 aliphatic rings. The van der Waals surface area contributed by atoms with Crippen molar-refractivity contribution in [2.45, 2.75) is 20.3 Å². The molecule has 1 aromatic heterocycles. The van der Waals surface area contributed by atoms with Crippen LogP contribution in [0.2, 0.25) is 0 Å². The molecule has 0 atom stereocenters. The minimum Gasteiger partial charge on any atom is -0.465 e. The summed E-state index contributed by atoms with van der Waals surface area (Å²) in [4.78, 5) is 28.4. The van der Waals surface area contributed by atoms with E-state index in [1.165, 1.54) is 6.08 Å². The lowest BCUT2D eigenvalue weighted by Gasteiger charge is -2.36. The average molecular weight is 441 g/mol. The summed E-state index contributed by atoms with van der Waals surface area (Å²) < 4.78 is 5.14. The normalized spacial score (nSPS) is 14.2. The number of amides is 2. The van der Waals surface area contributed by atoms with E-state index in [2.05, 4.69) is 29.4 Å². The van der Waals surface area contributed by atoms with Gasteiger partial charge in [-0.3, -0.25) is 14.9 Å². The van der Waals surface area contributed by atoms with Crippen molar-refractivity contribution in [3.63, 3.8) is 0 Å². The number of benzene rings is 1. The third-order valence-electron chi connectivity index (χ3n) is 4.88. The van der Waals surface area contributed by atoms with Crippen molar-refractivity contribution in [3.8, 4) is 0 Å². The largest absolute Gasteiger partial charge is 0.465 e. The van der Waals surface area contributed by atoms with Crippen LogP contribution in [0.4, 0.5) is 11.4 Å². The van der Waals surface area contributed by atoms with Gasteiger partial charge in [0, 0.05) is 50.1 Å². The van der Waals surface area contributed by atoms with Crippen molar-refractivity contribution in [1.82, 2.24) is 10.2 Å². The second-order valence-electron chi connectivity index (χ2n) is 7.80. The van der Waals surface area contributed by atoms with Gasteiger partial charge in [-0.05, 0) is 60.6 Å². The van der Waals surface area contributed by atoms with Crippen LogP contribution in [0.15, 0.2) is 53.2 Å². The highest BCUT2D eigenvalue weighted by Gasteiger charge is 2.21. The van der Waals surface area contributed by atoms with E-state index in [0.717, 1.165) is 37.6 Å². The summed E-state index contributed by atoms with van der Waals surface area (Å²) in [5.74, 6) is 0.877. The Morgan fingerprint density at radius 2 is 1.84 bits per heavy atom. The van der Waals surface area contributed by atoms with E-state index < -0.39 is 0 Å². The zero-order chi connectivity index (χ0) is 22.2. The molecule has 2 amide bonds. The van der Waals surface area contributed by atoms with Crippen LogP contribution in [0.1, 0.15) is 26.0 Å². The molecule has 3 rings (SSSR count). The summed E-state index contributed by atoms with van der Waals surface area (Å²) in [7, 11) is 0. The van der Waals surface area contributed by atoms with Crippen LogP contribution < -0.4 is 15.5 Å². The lowest BCUT2D eigenvalue weighted by atomic mass is 10.1. The summed E-state index contributed by atoms with van der Waals surface area (Å²) in [6.07, 6.45) is 5.08. The molecule has 7 nitrogen and oxygen atoms in total. The van der Waals surface area contributed by atoms with Crippen molar-refractivity contribution >= 4 is 46.6 Å². The average Bonchev–Trinajstić information content (AvgIpc) is 3.26. The molecule has 8 heteroatoms. The van der Waals surface area contributed by atoms with Gasteiger partial charge in [0.2, 0.25) is 11.8 Å². The van der Waals surface area contributed by atoms with Gasteiger partial charge in [0.1, 0.15) is 5.76 Å². The fraction of sp³-hybridized carbons (Fsp3) is 0.348. The van der Waals surface area contributed by atoms with Crippen LogP contribution in [0.25, 0.3) is 6.08 Å². The van der Waals surface area contributed by atoms with Crippen LogP contribution >= 0.6 is 12.2 Å². The van der Waals surface area contributed by atoms with Crippen LogP contribution in [-0.4, -0.2) is 48.0 Å². The zero-order valence-electron chi connectivity index (χ0n) is 17.8. The Hall–Kier alpha value is -3.13. The molecular weight excluding hydrogens is 412 g/mol. The lowest BCUT2D eigenvalue weighted by molar-refractivity contribution is -0.132. The molecule has 2 aromatic rings. The maximum absolute atomic E-state index is 12.2. The topological polar surface area (TPSA) is 77.8 Å². The van der Waals surface area contributed by atoms with Gasteiger partial charge in [-0.15, -0.1) is 0 Å². The van der Waals surface area contributed by atoms with Gasteiger partial charge >= 0.3 is 0 Å². The molecule has 2 N–H and O–H groups in total. The molecule has 1 fully saturated rings. The molecule has 1 aliphatic heterocycles. The number of carbonyl (C=O) groups is 2. The fourth-order valence-electron chi connectivity index (χ4n) is 3.31. The molecule has 164 valence electrons. The summed E-state index contributed by atoms with van der Waals surface area (Å²) in [6, 6.07) is 11.4. The number of piperazine rings is 1. The Morgan fingerprint density at radius 3 is 2.45 bits per heavy atom. The van der Waals surface area contributed by atoms with Gasteiger partial charge in [-0.1, -0.05) is 13.8 Å². The number of thiocarbonyl (C=S) groups is 1. The number of carbonyl (C=O) groups excluding carboxylic acids is 2. The molecule has 0 aliphatic carbocycles. The molecular formula is C23H28N4O3S. The summed E-state index contributed by atoms with van der Waals surface area (Å²) in [6.45, 7) is 7.25. The maximum Gasteiger partial charge on any atom is 0.250 e. The minimum atomic E-state index is -0.338. The van der Waals surface area contributed by atoms with Crippen LogP contribution in [0.5, 0.6) is 0 Å². The third kappa shape index (κ3) is 6.96. The highest BCUT2D eigenvalue weighted by atomic mass is 32.1. The summed E-state index contributed by atoms with van der Waals surface area (Å²) >= 11 is 5.20. The molecule has 0 bridgehead atoms. The van der Waals surface area contributed by atoms with Crippen molar-refractivity contribution in [3.05, 3.63) is 54.5 Å². The van der Waals surface area contributed by atoms with Crippen molar-refractivity contribution < 1.29 is 14.0 Å². The highest BCUT2D eigenvalue weighted by Crippen LogP contribution is 2.20. The van der Waals surface area contributed by atoms with E-state index in [9.17, 15) is 9.59 Å². The first-order chi connectivity index (χ1) is 14.9. The van der Waals surface area contributed by atoms with Crippen molar-refractivity contribution in [1.29, 1.82) is 0 Å². The van der Waals surface area contributed by atoms with Gasteiger partial charge in [0.15, 0.2) is 5.11 Å². The predicted molar refractivity (Wildman–Crippen MR) is 127 cm³/mol. The van der Waals surface area contributed by atoms with Crippen molar-refractivity contribution in [2.75, 3.05) is 36.4 Å². The van der Waals surface area contributed by atoms with Gasteiger partial charge in [-0.2, -0.15) is 0 Å². The number of hydrogen-bond acceptors (Lipinski definition) is 5. The van der Waals surface area contributed by atoms with E-state index in [4.69, 9.17) is 16.6 Å². The van der Waals surface area contributed by atoms with Crippen LogP contribution in [0.3, 0.4) is 0 Å². The zero-order valence-corrected chi connectivity index (χ0v) is 18.7. The maximum atomic E-state index is 12.2. The van der Waals surface area contributed by atoms with Gasteiger partial charge in [0.05, 0.1) is 6.26 Å². The Labute approximate surface area is 188 Å².